The van der Waals surface area contributed by atoms with Crippen LogP contribution < -0.4 is 10.1 Å². The Labute approximate surface area is 148 Å². The summed E-state index contributed by atoms with van der Waals surface area (Å²) in [5, 5.41) is 3.97. The zero-order chi connectivity index (χ0) is 17.4. The minimum absolute atomic E-state index is 0.0813. The Morgan fingerprint density at radius 1 is 1.28 bits per heavy atom. The second kappa shape index (κ2) is 6.22. The normalized spacial score (nSPS) is 13.7. The summed E-state index contributed by atoms with van der Waals surface area (Å²) in [5.41, 5.74) is 2.44. The lowest BCUT2D eigenvalue weighted by molar-refractivity contribution is 0.0953. The first-order chi connectivity index (χ1) is 12.1. The number of ketones is 1. The molecule has 0 saturated carbocycles. The molecule has 2 N–H and O–H groups in total. The summed E-state index contributed by atoms with van der Waals surface area (Å²) >= 11 is 5.87. The molecular formula is C18H14ClN3O3. The maximum absolute atomic E-state index is 12.6. The molecule has 126 valence electrons. The van der Waals surface area contributed by atoms with Gasteiger partial charge in [-0.25, -0.2) is 4.98 Å². The fraction of sp³-hybridized carbons (Fsp3) is 0.167. The Balaban J connectivity index is 1.60. The van der Waals surface area contributed by atoms with Gasteiger partial charge in [0.05, 0.1) is 29.5 Å². The van der Waals surface area contributed by atoms with Gasteiger partial charge in [-0.3, -0.25) is 9.59 Å². The van der Waals surface area contributed by atoms with Gasteiger partial charge in [-0.15, -0.1) is 0 Å². The van der Waals surface area contributed by atoms with Crippen LogP contribution in [0, 0.1) is 0 Å². The lowest BCUT2D eigenvalue weighted by atomic mass is 10.0. The van der Waals surface area contributed by atoms with Crippen LogP contribution in [0.4, 0.5) is 0 Å². The maximum Gasteiger partial charge on any atom is 0.255 e. The van der Waals surface area contributed by atoms with E-state index >= 15 is 0 Å². The van der Waals surface area contributed by atoms with Crippen LogP contribution >= 0.6 is 11.6 Å². The van der Waals surface area contributed by atoms with Crippen molar-refractivity contribution in [3.05, 3.63) is 58.5 Å². The van der Waals surface area contributed by atoms with E-state index in [2.05, 4.69) is 15.3 Å². The fourth-order valence-corrected chi connectivity index (χ4v) is 3.01. The van der Waals surface area contributed by atoms with Crippen LogP contribution in [-0.2, 0) is 6.42 Å². The summed E-state index contributed by atoms with van der Waals surface area (Å²) in [5.74, 6) is 0.271. The van der Waals surface area contributed by atoms with Crippen molar-refractivity contribution in [2.24, 2.45) is 0 Å². The monoisotopic (exact) mass is 355 g/mol. The molecule has 0 spiro atoms. The van der Waals surface area contributed by atoms with Crippen molar-refractivity contribution in [3.8, 4) is 5.75 Å². The molecule has 3 heterocycles. The number of hydrogen-bond acceptors (Lipinski definition) is 4. The molecule has 0 bridgehead atoms. The van der Waals surface area contributed by atoms with Crippen LogP contribution in [-0.4, -0.2) is 34.8 Å². The smallest absolute Gasteiger partial charge is 0.255 e. The van der Waals surface area contributed by atoms with Crippen molar-refractivity contribution in [2.45, 2.75) is 6.42 Å². The quantitative estimate of drug-likeness (QED) is 0.559. The van der Waals surface area contributed by atoms with Crippen molar-refractivity contribution in [1.82, 2.24) is 15.3 Å². The second-order valence-electron chi connectivity index (χ2n) is 5.81. The summed E-state index contributed by atoms with van der Waals surface area (Å²) in [6, 6.07) is 8.70. The van der Waals surface area contributed by atoms with Crippen LogP contribution in [0.5, 0.6) is 5.75 Å². The number of pyridine rings is 1. The summed E-state index contributed by atoms with van der Waals surface area (Å²) in [7, 11) is 0. The van der Waals surface area contributed by atoms with Crippen molar-refractivity contribution < 1.29 is 14.3 Å². The number of ether oxygens (including phenoxy) is 1. The summed E-state index contributed by atoms with van der Waals surface area (Å²) < 4.78 is 5.52. The number of halogens is 1. The van der Waals surface area contributed by atoms with Gasteiger partial charge in [-0.05, 0) is 29.8 Å². The summed E-state index contributed by atoms with van der Waals surface area (Å²) in [6.45, 7) is 0.899. The molecule has 6 nitrogen and oxygen atoms in total. The topological polar surface area (TPSA) is 84.1 Å². The zero-order valence-corrected chi connectivity index (χ0v) is 13.9. The van der Waals surface area contributed by atoms with Gasteiger partial charge in [0.25, 0.3) is 5.91 Å². The van der Waals surface area contributed by atoms with Crippen LogP contribution in [0.25, 0.3) is 10.9 Å². The van der Waals surface area contributed by atoms with Gasteiger partial charge in [-0.2, -0.15) is 0 Å². The molecule has 0 aliphatic carbocycles. The molecule has 1 aliphatic rings. The maximum atomic E-state index is 12.6. The number of fused-ring (bicyclic) bond motifs is 2. The highest BCUT2D eigenvalue weighted by atomic mass is 35.5. The van der Waals surface area contributed by atoms with E-state index in [1.807, 2.05) is 0 Å². The van der Waals surface area contributed by atoms with Crippen molar-refractivity contribution in [3.63, 3.8) is 0 Å². The van der Waals surface area contributed by atoms with Gasteiger partial charge < -0.3 is 15.0 Å². The van der Waals surface area contributed by atoms with Crippen molar-refractivity contribution in [2.75, 3.05) is 13.2 Å². The number of carbonyl (C=O) groups is 2. The molecule has 3 aromatic rings. The standard InChI is InChI=1S/C18H14ClN3O3/c19-17-8-11-7-13(22-14(11)9-21-17)15(23)6-10-1-2-16-12(5-10)18(24)20-3-4-25-16/h1-2,5,7-9,22H,3-4,6H2,(H,20,24). The van der Waals surface area contributed by atoms with Crippen molar-refractivity contribution >= 4 is 34.2 Å². The van der Waals surface area contributed by atoms with E-state index in [4.69, 9.17) is 16.3 Å². The number of benzene rings is 1. The van der Waals surface area contributed by atoms with Gasteiger partial charge in [-0.1, -0.05) is 17.7 Å². The average Bonchev–Trinajstić information content (AvgIpc) is 2.93. The van der Waals surface area contributed by atoms with E-state index in [0.717, 1.165) is 16.5 Å². The van der Waals surface area contributed by atoms with Crippen LogP contribution in [0.3, 0.4) is 0 Å². The third-order valence-corrected chi connectivity index (χ3v) is 4.28. The van der Waals surface area contributed by atoms with E-state index in [0.29, 0.717) is 35.3 Å². The molecule has 25 heavy (non-hydrogen) atoms. The van der Waals surface area contributed by atoms with Crippen molar-refractivity contribution in [1.29, 1.82) is 0 Å². The predicted octanol–water partition coefficient (Wildman–Crippen LogP) is 2.76. The third-order valence-electron chi connectivity index (χ3n) is 4.07. The third kappa shape index (κ3) is 3.08. The highest BCUT2D eigenvalue weighted by Crippen LogP contribution is 2.23. The van der Waals surface area contributed by atoms with E-state index in [-0.39, 0.29) is 18.1 Å². The molecule has 1 aliphatic heterocycles. The number of H-pyrrole nitrogens is 1. The highest BCUT2D eigenvalue weighted by molar-refractivity contribution is 6.30. The van der Waals surface area contributed by atoms with Gasteiger partial charge in [0.1, 0.15) is 17.5 Å². The Bertz CT molecular complexity index is 996. The first-order valence-electron chi connectivity index (χ1n) is 7.81. The molecule has 0 radical (unpaired) electrons. The first-order valence-corrected chi connectivity index (χ1v) is 8.19. The second-order valence-corrected chi connectivity index (χ2v) is 6.20. The van der Waals surface area contributed by atoms with E-state index in [1.165, 1.54) is 0 Å². The molecule has 4 rings (SSSR count). The number of aromatic nitrogens is 2. The number of hydrogen-bond donors (Lipinski definition) is 2. The molecule has 1 aromatic carbocycles. The molecule has 1 amide bonds. The minimum Gasteiger partial charge on any atom is -0.491 e. The summed E-state index contributed by atoms with van der Waals surface area (Å²) in [6.07, 6.45) is 1.77. The Kier molecular flexibility index (Phi) is 3.89. The number of rotatable bonds is 3. The van der Waals surface area contributed by atoms with Gasteiger partial charge in [0, 0.05) is 11.8 Å². The number of carbonyl (C=O) groups excluding carboxylic acids is 2. The lowest BCUT2D eigenvalue weighted by Crippen LogP contribution is -2.24. The van der Waals surface area contributed by atoms with E-state index < -0.39 is 0 Å². The Morgan fingerprint density at radius 3 is 3.04 bits per heavy atom. The van der Waals surface area contributed by atoms with Gasteiger partial charge >= 0.3 is 0 Å². The van der Waals surface area contributed by atoms with Crippen LogP contribution in [0.2, 0.25) is 5.15 Å². The highest BCUT2D eigenvalue weighted by Gasteiger charge is 2.18. The summed E-state index contributed by atoms with van der Waals surface area (Å²) in [4.78, 5) is 31.7. The Hall–Kier alpha value is -2.86. The zero-order valence-electron chi connectivity index (χ0n) is 13.1. The molecule has 0 atom stereocenters. The number of amides is 1. The van der Waals surface area contributed by atoms with Gasteiger partial charge in [0.2, 0.25) is 0 Å². The van der Waals surface area contributed by atoms with Crippen LogP contribution in [0.1, 0.15) is 26.4 Å². The number of aromatic amines is 1. The lowest BCUT2D eigenvalue weighted by Gasteiger charge is -2.07. The number of Topliss-reactive ketones (excluding diaryl/α,β-unsaturated/α-hetero) is 1. The van der Waals surface area contributed by atoms with E-state index in [1.54, 1.807) is 36.5 Å². The van der Waals surface area contributed by atoms with Crippen LogP contribution in [0.15, 0.2) is 36.5 Å². The van der Waals surface area contributed by atoms with Gasteiger partial charge in [0.15, 0.2) is 5.78 Å². The minimum atomic E-state index is -0.187. The Morgan fingerprint density at radius 2 is 2.16 bits per heavy atom. The molecular weight excluding hydrogens is 342 g/mol. The molecule has 0 unspecified atom stereocenters. The predicted molar refractivity (Wildman–Crippen MR) is 93.4 cm³/mol. The molecule has 2 aromatic heterocycles. The molecule has 7 heteroatoms. The molecule has 0 saturated heterocycles. The SMILES string of the molecule is O=C(Cc1ccc2c(c1)C(=O)NCCO2)c1cc2cc(Cl)ncc2[nH]1. The number of nitrogens with one attached hydrogen (secondary N) is 2. The average molecular weight is 356 g/mol. The van der Waals surface area contributed by atoms with E-state index in [9.17, 15) is 9.59 Å². The molecule has 0 fully saturated rings. The fourth-order valence-electron chi connectivity index (χ4n) is 2.85. The number of nitrogens with zero attached hydrogens (tertiary/aromatic N) is 1. The first kappa shape index (κ1) is 15.7. The largest absolute Gasteiger partial charge is 0.491 e.